The standard InChI is InChI=1S/C12H21NO5S/c14-13-11-9-7-5-3-1-2-4-6-8-10-12(11)17-19(15,16)18-12/h14H,1-10H2/b13-11+. The molecule has 1 heterocycles. The van der Waals surface area contributed by atoms with E-state index >= 15 is 0 Å². The van der Waals surface area contributed by atoms with Gasteiger partial charge in [0.05, 0.1) is 0 Å². The molecule has 1 spiro atoms. The maximum Gasteiger partial charge on any atom is 0.406 e. The van der Waals surface area contributed by atoms with Crippen LogP contribution in [0.3, 0.4) is 0 Å². The number of nitrogens with zero attached hydrogens (tertiary/aromatic N) is 1. The molecule has 0 amide bonds. The predicted molar refractivity (Wildman–Crippen MR) is 69.2 cm³/mol. The van der Waals surface area contributed by atoms with Crippen LogP contribution in [0.15, 0.2) is 5.16 Å². The first-order valence-corrected chi connectivity index (χ1v) is 8.29. The van der Waals surface area contributed by atoms with E-state index in [1.807, 2.05) is 0 Å². The highest BCUT2D eigenvalue weighted by molar-refractivity contribution is 7.83. The predicted octanol–water partition coefficient (Wildman–Crippen LogP) is 2.72. The Morgan fingerprint density at radius 2 is 1.47 bits per heavy atom. The molecule has 0 unspecified atom stereocenters. The van der Waals surface area contributed by atoms with Crippen molar-refractivity contribution in [3.8, 4) is 0 Å². The Morgan fingerprint density at radius 3 is 2.00 bits per heavy atom. The van der Waals surface area contributed by atoms with Gasteiger partial charge in [-0.2, -0.15) is 8.42 Å². The average Bonchev–Trinajstić information content (AvgIpc) is 2.31. The molecule has 0 aromatic rings. The number of oxime groups is 1. The molecule has 19 heavy (non-hydrogen) atoms. The highest BCUT2D eigenvalue weighted by Crippen LogP contribution is 2.38. The molecule has 0 atom stereocenters. The number of hydrogen-bond donors (Lipinski definition) is 1. The summed E-state index contributed by atoms with van der Waals surface area (Å²) in [7, 11) is -3.89. The van der Waals surface area contributed by atoms with Crippen LogP contribution in [0.25, 0.3) is 0 Å². The van der Waals surface area contributed by atoms with Gasteiger partial charge < -0.3 is 5.21 Å². The van der Waals surface area contributed by atoms with Crippen LogP contribution < -0.4 is 0 Å². The third kappa shape index (κ3) is 3.67. The molecule has 1 N–H and O–H groups in total. The van der Waals surface area contributed by atoms with Crippen molar-refractivity contribution in [3.63, 3.8) is 0 Å². The van der Waals surface area contributed by atoms with Crippen molar-refractivity contribution in [1.29, 1.82) is 0 Å². The fraction of sp³-hybridized carbons (Fsp3) is 0.917. The van der Waals surface area contributed by atoms with Gasteiger partial charge in [-0.05, 0) is 19.3 Å². The Hall–Kier alpha value is -0.660. The molecule has 1 saturated carbocycles. The van der Waals surface area contributed by atoms with E-state index in [1.54, 1.807) is 0 Å². The molecule has 0 radical (unpaired) electrons. The van der Waals surface area contributed by atoms with E-state index in [-0.39, 0.29) is 0 Å². The summed E-state index contributed by atoms with van der Waals surface area (Å²) in [4.78, 5) is 0. The van der Waals surface area contributed by atoms with E-state index in [4.69, 9.17) is 13.6 Å². The average molecular weight is 291 g/mol. The van der Waals surface area contributed by atoms with E-state index in [9.17, 15) is 8.42 Å². The normalized spacial score (nSPS) is 30.2. The minimum absolute atomic E-state index is 0.294. The van der Waals surface area contributed by atoms with Crippen LogP contribution in [0, 0.1) is 0 Å². The highest BCUT2D eigenvalue weighted by atomic mass is 32.3. The Morgan fingerprint density at radius 1 is 0.947 bits per heavy atom. The molecule has 6 nitrogen and oxygen atoms in total. The van der Waals surface area contributed by atoms with Crippen molar-refractivity contribution >= 4 is 16.1 Å². The lowest BCUT2D eigenvalue weighted by atomic mass is 9.95. The first-order valence-electron chi connectivity index (χ1n) is 6.96. The smallest absolute Gasteiger partial charge is 0.406 e. The molecule has 1 aliphatic carbocycles. The Kier molecular flexibility index (Phi) is 4.81. The third-order valence-corrected chi connectivity index (χ3v) is 4.65. The Bertz CT molecular complexity index is 419. The second kappa shape index (κ2) is 6.19. The van der Waals surface area contributed by atoms with Gasteiger partial charge in [-0.3, -0.25) is 0 Å². The molecular formula is C12H21NO5S. The topological polar surface area (TPSA) is 85.2 Å². The summed E-state index contributed by atoms with van der Waals surface area (Å²) in [6.45, 7) is 0. The summed E-state index contributed by atoms with van der Waals surface area (Å²) in [6, 6.07) is 0. The van der Waals surface area contributed by atoms with Gasteiger partial charge in [0.1, 0.15) is 5.71 Å². The summed E-state index contributed by atoms with van der Waals surface area (Å²) < 4.78 is 32.1. The van der Waals surface area contributed by atoms with Crippen molar-refractivity contribution in [2.75, 3.05) is 0 Å². The Labute approximate surface area is 114 Å². The van der Waals surface area contributed by atoms with Crippen LogP contribution in [0.1, 0.15) is 64.2 Å². The quantitative estimate of drug-likeness (QED) is 0.548. The summed E-state index contributed by atoms with van der Waals surface area (Å²) in [6.07, 6.45) is 9.38. The largest absolute Gasteiger partial charge is 0.411 e. The fourth-order valence-corrected chi connectivity index (χ4v) is 3.72. The lowest BCUT2D eigenvalue weighted by molar-refractivity contribution is -0.140. The van der Waals surface area contributed by atoms with Crippen molar-refractivity contribution in [2.24, 2.45) is 5.16 Å². The minimum atomic E-state index is -3.89. The van der Waals surface area contributed by atoms with Gasteiger partial charge in [-0.1, -0.05) is 43.7 Å². The van der Waals surface area contributed by atoms with Crippen LogP contribution in [0.2, 0.25) is 0 Å². The molecular weight excluding hydrogens is 270 g/mol. The molecule has 1 saturated heterocycles. The molecule has 0 bridgehead atoms. The van der Waals surface area contributed by atoms with Crippen molar-refractivity contribution in [3.05, 3.63) is 0 Å². The van der Waals surface area contributed by atoms with Gasteiger partial charge in [0.25, 0.3) is 0 Å². The SMILES string of the molecule is O=S1(=O)OC2(CCCCCCCCCC/C2=N\O)O1. The highest BCUT2D eigenvalue weighted by Gasteiger charge is 2.55. The van der Waals surface area contributed by atoms with E-state index in [2.05, 4.69) is 5.16 Å². The summed E-state index contributed by atoms with van der Waals surface area (Å²) in [5.74, 6) is -1.34. The number of rotatable bonds is 0. The molecule has 1 aliphatic heterocycles. The van der Waals surface area contributed by atoms with E-state index in [1.165, 1.54) is 12.8 Å². The second-order valence-corrected chi connectivity index (χ2v) is 6.35. The zero-order chi connectivity index (χ0) is 13.8. The second-order valence-electron chi connectivity index (χ2n) is 5.20. The fourth-order valence-electron chi connectivity index (χ4n) is 2.69. The molecule has 0 aromatic heterocycles. The van der Waals surface area contributed by atoms with Crippen LogP contribution in [0.4, 0.5) is 0 Å². The Balaban J connectivity index is 2.06. The van der Waals surface area contributed by atoms with Gasteiger partial charge >= 0.3 is 10.4 Å². The van der Waals surface area contributed by atoms with Crippen LogP contribution in [-0.2, 0) is 18.8 Å². The first kappa shape index (κ1) is 14.7. The van der Waals surface area contributed by atoms with Gasteiger partial charge in [-0.15, -0.1) is 0 Å². The van der Waals surface area contributed by atoms with E-state index < -0.39 is 16.2 Å². The molecule has 110 valence electrons. The van der Waals surface area contributed by atoms with Gasteiger partial charge in [0.2, 0.25) is 5.79 Å². The zero-order valence-electron chi connectivity index (χ0n) is 11.0. The van der Waals surface area contributed by atoms with Crippen LogP contribution in [-0.4, -0.2) is 25.1 Å². The van der Waals surface area contributed by atoms with E-state index in [0.717, 1.165) is 38.5 Å². The maximum atomic E-state index is 11.1. The minimum Gasteiger partial charge on any atom is -0.411 e. The lowest BCUT2D eigenvalue weighted by Crippen LogP contribution is -2.56. The summed E-state index contributed by atoms with van der Waals surface area (Å²) in [5.41, 5.74) is 0.294. The molecule has 2 rings (SSSR count). The summed E-state index contributed by atoms with van der Waals surface area (Å²) >= 11 is 0. The molecule has 0 aromatic carbocycles. The lowest BCUT2D eigenvalue weighted by Gasteiger charge is -2.39. The van der Waals surface area contributed by atoms with Gasteiger partial charge in [0.15, 0.2) is 0 Å². The van der Waals surface area contributed by atoms with Crippen LogP contribution in [0.5, 0.6) is 0 Å². The van der Waals surface area contributed by atoms with Gasteiger partial charge in [-0.25, -0.2) is 8.37 Å². The van der Waals surface area contributed by atoms with Crippen molar-refractivity contribution in [2.45, 2.75) is 70.0 Å². The first-order chi connectivity index (χ1) is 9.08. The molecule has 7 heteroatoms. The monoisotopic (exact) mass is 291 g/mol. The molecule has 2 aliphatic rings. The van der Waals surface area contributed by atoms with Crippen LogP contribution >= 0.6 is 0 Å². The maximum absolute atomic E-state index is 11.1. The van der Waals surface area contributed by atoms with Gasteiger partial charge in [0, 0.05) is 6.42 Å². The molecule has 2 fully saturated rings. The zero-order valence-corrected chi connectivity index (χ0v) is 11.8. The van der Waals surface area contributed by atoms with Crippen molar-refractivity contribution < 1.29 is 22.0 Å². The summed E-state index contributed by atoms with van der Waals surface area (Å²) in [5, 5.41) is 12.3. The third-order valence-electron chi connectivity index (χ3n) is 3.70. The van der Waals surface area contributed by atoms with Crippen molar-refractivity contribution in [1.82, 2.24) is 0 Å². The van der Waals surface area contributed by atoms with E-state index in [0.29, 0.717) is 18.6 Å². The number of hydrogen-bond acceptors (Lipinski definition) is 6.